The van der Waals surface area contributed by atoms with E-state index in [-0.39, 0.29) is 30.5 Å². The molecule has 0 radical (unpaired) electrons. The highest BCUT2D eigenvalue weighted by atomic mass is 79.9. The zero-order chi connectivity index (χ0) is 30.6. The number of halogens is 1. The van der Waals surface area contributed by atoms with E-state index in [9.17, 15) is 9.59 Å². The molecule has 2 heterocycles. The number of fused-ring (bicyclic) bond motifs is 1. The van der Waals surface area contributed by atoms with Gasteiger partial charge in [0.25, 0.3) is 5.56 Å². The molecule has 0 saturated carbocycles. The third-order valence-corrected chi connectivity index (χ3v) is 7.66. The van der Waals surface area contributed by atoms with Gasteiger partial charge in [-0.3, -0.25) is 9.36 Å². The van der Waals surface area contributed by atoms with Crippen molar-refractivity contribution in [3.63, 3.8) is 0 Å². The van der Waals surface area contributed by atoms with Crippen LogP contribution in [0.4, 0.5) is 0 Å². The fourth-order valence-corrected chi connectivity index (χ4v) is 6.05. The van der Waals surface area contributed by atoms with Crippen LogP contribution in [0, 0.1) is 11.3 Å². The molecule has 0 unspecified atom stereocenters. The fourth-order valence-electron chi connectivity index (χ4n) is 4.56. The number of aromatic nitrogens is 1. The number of ether oxygens (including phenoxy) is 5. The Morgan fingerprint density at radius 2 is 1.93 bits per heavy atom. The van der Waals surface area contributed by atoms with E-state index < -0.39 is 12.0 Å². The van der Waals surface area contributed by atoms with Gasteiger partial charge in [-0.05, 0) is 63.6 Å². The van der Waals surface area contributed by atoms with E-state index in [0.717, 1.165) is 0 Å². The van der Waals surface area contributed by atoms with Crippen molar-refractivity contribution in [2.75, 3.05) is 27.4 Å². The van der Waals surface area contributed by atoms with Crippen LogP contribution in [0.1, 0.15) is 44.9 Å². The number of hydrogen-bond donors (Lipinski definition) is 0. The fraction of sp³-hybridized carbons (Fsp3) is 0.333. The summed E-state index contributed by atoms with van der Waals surface area (Å²) in [5.41, 5.74) is 1.46. The molecular weight excluding hydrogens is 626 g/mol. The van der Waals surface area contributed by atoms with Crippen LogP contribution in [0.5, 0.6) is 23.0 Å². The van der Waals surface area contributed by atoms with Gasteiger partial charge in [0.15, 0.2) is 34.4 Å². The minimum absolute atomic E-state index is 0.0849. The average Bonchev–Trinajstić information content (AvgIpc) is 3.25. The molecule has 0 saturated heterocycles. The summed E-state index contributed by atoms with van der Waals surface area (Å²) in [4.78, 5) is 32.4. The van der Waals surface area contributed by atoms with Crippen molar-refractivity contribution in [3.8, 4) is 29.1 Å². The SMILES string of the molecule is CCOC(=O)C1=C(C)N=c2s/c(=C/c3cc(Br)cc(OC)c3OCC#N)c(=O)n2[C@@H]1c1ccc(OC(C)C)c(OC)c1. The molecule has 220 valence electrons. The molecule has 0 aliphatic carbocycles. The quantitative estimate of drug-likeness (QED) is 0.297. The highest BCUT2D eigenvalue weighted by Gasteiger charge is 2.34. The first-order chi connectivity index (χ1) is 20.1. The van der Waals surface area contributed by atoms with Crippen molar-refractivity contribution in [2.24, 2.45) is 4.99 Å². The monoisotopic (exact) mass is 655 g/mol. The maximum absolute atomic E-state index is 14.1. The number of carbonyl (C=O) groups excluding carboxylic acids is 1. The van der Waals surface area contributed by atoms with Gasteiger partial charge >= 0.3 is 5.97 Å². The van der Waals surface area contributed by atoms with E-state index >= 15 is 0 Å². The molecule has 1 aromatic heterocycles. The first-order valence-electron chi connectivity index (χ1n) is 13.0. The first-order valence-corrected chi connectivity index (χ1v) is 14.7. The van der Waals surface area contributed by atoms with Gasteiger partial charge in [-0.2, -0.15) is 5.26 Å². The van der Waals surface area contributed by atoms with Crippen LogP contribution in [0.25, 0.3) is 6.08 Å². The number of allylic oxidation sites excluding steroid dienone is 1. The van der Waals surface area contributed by atoms with Gasteiger partial charge in [0.05, 0.1) is 48.8 Å². The number of carbonyl (C=O) groups is 1. The standard InChI is InChI=1S/C30H30BrN3O7S/c1-7-39-29(36)25-17(4)33-30-34(26(25)18-8-9-21(41-16(2)3)22(13-18)37-5)28(35)24(42-30)14-19-12-20(31)15-23(38-6)27(19)40-11-10-32/h8-9,12-16,26H,7,11H2,1-6H3/b24-14+/t26-/m1/s1. The number of nitrogens with zero attached hydrogens (tertiary/aromatic N) is 3. The van der Waals surface area contributed by atoms with Crippen LogP contribution >= 0.6 is 27.3 Å². The average molecular weight is 657 g/mol. The van der Waals surface area contributed by atoms with Gasteiger partial charge in [0.2, 0.25) is 0 Å². The van der Waals surface area contributed by atoms with E-state index in [2.05, 4.69) is 20.9 Å². The number of thiazole rings is 1. The molecule has 0 fully saturated rings. The lowest BCUT2D eigenvalue weighted by Crippen LogP contribution is -2.40. The Morgan fingerprint density at radius 3 is 2.57 bits per heavy atom. The summed E-state index contributed by atoms with van der Waals surface area (Å²) in [6, 6.07) is 9.90. The van der Waals surface area contributed by atoms with Crippen molar-refractivity contribution in [3.05, 3.63) is 76.9 Å². The Bertz CT molecular complexity index is 1770. The number of hydrogen-bond acceptors (Lipinski definition) is 10. The highest BCUT2D eigenvalue weighted by Crippen LogP contribution is 2.37. The molecular formula is C30H30BrN3O7S. The van der Waals surface area contributed by atoms with E-state index in [0.29, 0.717) is 53.6 Å². The van der Waals surface area contributed by atoms with Crippen molar-refractivity contribution in [1.82, 2.24) is 4.57 Å². The minimum atomic E-state index is -0.837. The Balaban J connectivity index is 1.98. The summed E-state index contributed by atoms with van der Waals surface area (Å²) in [7, 11) is 3.02. The van der Waals surface area contributed by atoms with Crippen LogP contribution in [0.15, 0.2) is 55.9 Å². The Labute approximate surface area is 255 Å². The molecule has 0 bridgehead atoms. The van der Waals surface area contributed by atoms with Crippen molar-refractivity contribution in [1.29, 1.82) is 5.26 Å². The molecule has 1 aliphatic rings. The Morgan fingerprint density at radius 1 is 1.19 bits per heavy atom. The van der Waals surface area contributed by atoms with Crippen LogP contribution in [-0.4, -0.2) is 44.1 Å². The molecule has 3 aromatic rings. The van der Waals surface area contributed by atoms with E-state index in [4.69, 9.17) is 28.9 Å². The number of nitriles is 1. The molecule has 10 nitrogen and oxygen atoms in total. The van der Waals surface area contributed by atoms with Crippen LogP contribution in [0.2, 0.25) is 0 Å². The summed E-state index contributed by atoms with van der Waals surface area (Å²) < 4.78 is 30.5. The summed E-state index contributed by atoms with van der Waals surface area (Å²) in [6.07, 6.45) is 1.57. The molecule has 42 heavy (non-hydrogen) atoms. The number of benzene rings is 2. The highest BCUT2D eigenvalue weighted by molar-refractivity contribution is 9.10. The Kier molecular flexibility index (Phi) is 9.75. The van der Waals surface area contributed by atoms with Gasteiger partial charge < -0.3 is 23.7 Å². The number of methoxy groups -OCH3 is 2. The molecule has 12 heteroatoms. The Hall–Kier alpha value is -4.08. The molecule has 1 aliphatic heterocycles. The van der Waals surface area contributed by atoms with Crippen LogP contribution < -0.4 is 33.8 Å². The van der Waals surface area contributed by atoms with Gasteiger partial charge in [-0.1, -0.05) is 33.3 Å². The maximum Gasteiger partial charge on any atom is 0.338 e. The van der Waals surface area contributed by atoms with Gasteiger partial charge in [-0.15, -0.1) is 0 Å². The second kappa shape index (κ2) is 13.3. The lowest BCUT2D eigenvalue weighted by molar-refractivity contribution is -0.139. The van der Waals surface area contributed by atoms with E-state index in [1.165, 1.54) is 30.1 Å². The maximum atomic E-state index is 14.1. The van der Waals surface area contributed by atoms with Crippen molar-refractivity contribution >= 4 is 39.3 Å². The minimum Gasteiger partial charge on any atom is -0.493 e. The third kappa shape index (κ3) is 6.22. The second-order valence-corrected chi connectivity index (χ2v) is 11.3. The zero-order valence-corrected chi connectivity index (χ0v) is 26.4. The second-order valence-electron chi connectivity index (χ2n) is 9.35. The topological polar surface area (TPSA) is 121 Å². The molecule has 0 N–H and O–H groups in total. The summed E-state index contributed by atoms with van der Waals surface area (Å²) >= 11 is 4.64. The van der Waals surface area contributed by atoms with Crippen LogP contribution in [-0.2, 0) is 9.53 Å². The van der Waals surface area contributed by atoms with Gasteiger partial charge in [0, 0.05) is 10.0 Å². The third-order valence-electron chi connectivity index (χ3n) is 6.22. The molecule has 0 spiro atoms. The van der Waals surface area contributed by atoms with E-state index in [1.807, 2.05) is 19.9 Å². The normalized spacial score (nSPS) is 14.6. The summed E-state index contributed by atoms with van der Waals surface area (Å²) in [6.45, 7) is 7.21. The van der Waals surface area contributed by atoms with Crippen molar-refractivity contribution in [2.45, 2.75) is 39.8 Å². The summed E-state index contributed by atoms with van der Waals surface area (Å²) in [5.74, 6) is 1.15. The summed E-state index contributed by atoms with van der Waals surface area (Å²) in [5, 5.41) is 9.09. The lowest BCUT2D eigenvalue weighted by Gasteiger charge is -2.25. The van der Waals surface area contributed by atoms with Crippen LogP contribution in [0.3, 0.4) is 0 Å². The molecule has 4 rings (SSSR count). The molecule has 0 amide bonds. The molecule has 1 atom stereocenters. The smallest absolute Gasteiger partial charge is 0.338 e. The lowest BCUT2D eigenvalue weighted by atomic mass is 9.95. The van der Waals surface area contributed by atoms with E-state index in [1.54, 1.807) is 50.3 Å². The number of esters is 1. The number of rotatable bonds is 10. The first kappa shape index (κ1) is 30.9. The van der Waals surface area contributed by atoms with Crippen molar-refractivity contribution < 1.29 is 28.5 Å². The molecule has 2 aromatic carbocycles. The van der Waals surface area contributed by atoms with Gasteiger partial charge in [0.1, 0.15) is 6.07 Å². The predicted molar refractivity (Wildman–Crippen MR) is 161 cm³/mol. The van der Waals surface area contributed by atoms with Gasteiger partial charge in [-0.25, -0.2) is 9.79 Å². The largest absolute Gasteiger partial charge is 0.493 e. The predicted octanol–water partition coefficient (Wildman–Crippen LogP) is 4.27. The zero-order valence-electron chi connectivity index (χ0n) is 24.0.